The van der Waals surface area contributed by atoms with Crippen LogP contribution < -0.4 is 10.1 Å². The summed E-state index contributed by atoms with van der Waals surface area (Å²) < 4.78 is 4.99. The number of nitrogens with one attached hydrogen (secondary N) is 1. The maximum atomic E-state index is 5.86. The molecule has 76 valence electrons. The molecule has 1 aliphatic carbocycles. The lowest BCUT2D eigenvalue weighted by molar-refractivity contribution is 0.396. The Kier molecular flexibility index (Phi) is 2.72. The summed E-state index contributed by atoms with van der Waals surface area (Å²) in [6, 6.07) is 2.13. The van der Waals surface area contributed by atoms with Gasteiger partial charge in [0.05, 0.1) is 7.11 Å². The van der Waals surface area contributed by atoms with Crippen LogP contribution in [0.3, 0.4) is 0 Å². The van der Waals surface area contributed by atoms with E-state index in [1.54, 1.807) is 19.4 Å². The number of hydrogen-bond acceptors (Lipinski definition) is 4. The summed E-state index contributed by atoms with van der Waals surface area (Å²) in [6.07, 6.45) is 3.62. The van der Waals surface area contributed by atoms with Crippen molar-refractivity contribution in [2.24, 2.45) is 0 Å². The van der Waals surface area contributed by atoms with E-state index < -0.39 is 0 Å². The van der Waals surface area contributed by atoms with Gasteiger partial charge < -0.3 is 10.1 Å². The van der Waals surface area contributed by atoms with Crippen LogP contribution >= 0.6 is 11.6 Å². The minimum atomic E-state index is 0.304. The fourth-order valence-electron chi connectivity index (χ4n) is 1.37. The summed E-state index contributed by atoms with van der Waals surface area (Å²) in [5.74, 6) is 1.18. The lowest BCUT2D eigenvalue weighted by Gasteiger charge is -2.31. The Morgan fingerprint density at radius 1 is 1.57 bits per heavy atom. The van der Waals surface area contributed by atoms with Crippen molar-refractivity contribution in [2.45, 2.75) is 24.3 Å². The van der Waals surface area contributed by atoms with Crippen LogP contribution in [0.25, 0.3) is 0 Å². The minimum absolute atomic E-state index is 0.304. The molecule has 1 aliphatic rings. The molecule has 0 radical (unpaired) electrons. The van der Waals surface area contributed by atoms with Gasteiger partial charge in [-0.2, -0.15) is 4.98 Å². The zero-order valence-electron chi connectivity index (χ0n) is 7.90. The average molecular weight is 214 g/mol. The standard InChI is InChI=1S/C9H12ClN3O/c1-14-8-2-3-11-9(13-8)12-7-4-6(10)5-7/h2-3,6-7H,4-5H2,1H3,(H,11,12,13). The van der Waals surface area contributed by atoms with Crippen LogP contribution in [0.2, 0.25) is 0 Å². The molecular weight excluding hydrogens is 202 g/mol. The molecule has 0 bridgehead atoms. The number of anilines is 1. The monoisotopic (exact) mass is 213 g/mol. The highest BCUT2D eigenvalue weighted by Gasteiger charge is 2.27. The molecule has 0 unspecified atom stereocenters. The molecule has 0 spiro atoms. The van der Waals surface area contributed by atoms with E-state index in [-0.39, 0.29) is 0 Å². The fraction of sp³-hybridized carbons (Fsp3) is 0.556. The Hall–Kier alpha value is -1.03. The second kappa shape index (κ2) is 4.00. The first-order valence-corrected chi connectivity index (χ1v) is 4.99. The van der Waals surface area contributed by atoms with Crippen LogP contribution in [-0.2, 0) is 0 Å². The molecule has 1 saturated carbocycles. The largest absolute Gasteiger partial charge is 0.481 e. The van der Waals surface area contributed by atoms with Crippen LogP contribution in [0, 0.1) is 0 Å². The highest BCUT2D eigenvalue weighted by molar-refractivity contribution is 6.21. The Morgan fingerprint density at radius 2 is 2.36 bits per heavy atom. The van der Waals surface area contributed by atoms with E-state index in [1.807, 2.05) is 0 Å². The topological polar surface area (TPSA) is 47.0 Å². The summed E-state index contributed by atoms with van der Waals surface area (Å²) >= 11 is 5.86. The normalized spacial score (nSPS) is 25.3. The Balaban J connectivity index is 1.95. The second-order valence-electron chi connectivity index (χ2n) is 3.33. The van der Waals surface area contributed by atoms with Gasteiger partial charge in [-0.3, -0.25) is 0 Å². The third kappa shape index (κ3) is 2.07. The van der Waals surface area contributed by atoms with Gasteiger partial charge in [0.1, 0.15) is 0 Å². The van der Waals surface area contributed by atoms with Crippen LogP contribution in [0.4, 0.5) is 5.95 Å². The lowest BCUT2D eigenvalue weighted by atomic mass is 9.93. The molecule has 4 nitrogen and oxygen atoms in total. The predicted molar refractivity (Wildman–Crippen MR) is 54.9 cm³/mol. The number of hydrogen-bond donors (Lipinski definition) is 1. The van der Waals surface area contributed by atoms with E-state index in [4.69, 9.17) is 16.3 Å². The summed E-state index contributed by atoms with van der Waals surface area (Å²) in [5.41, 5.74) is 0. The fourth-order valence-corrected chi connectivity index (χ4v) is 1.80. The smallest absolute Gasteiger partial charge is 0.226 e. The van der Waals surface area contributed by atoms with E-state index in [0.717, 1.165) is 12.8 Å². The minimum Gasteiger partial charge on any atom is -0.481 e. The summed E-state index contributed by atoms with van der Waals surface area (Å²) in [5, 5.41) is 3.50. The molecule has 0 aliphatic heterocycles. The SMILES string of the molecule is COc1ccnc(NC2CC(Cl)C2)n1. The number of halogens is 1. The van der Waals surface area contributed by atoms with Crippen molar-refractivity contribution in [1.29, 1.82) is 0 Å². The number of methoxy groups -OCH3 is 1. The number of aromatic nitrogens is 2. The summed E-state index contributed by atoms with van der Waals surface area (Å²) in [7, 11) is 1.59. The predicted octanol–water partition coefficient (Wildman–Crippen LogP) is 1.67. The molecule has 2 rings (SSSR count). The molecule has 1 fully saturated rings. The zero-order valence-corrected chi connectivity index (χ0v) is 8.66. The maximum Gasteiger partial charge on any atom is 0.226 e. The molecule has 0 amide bonds. The lowest BCUT2D eigenvalue weighted by Crippen LogP contribution is -2.36. The van der Waals surface area contributed by atoms with Crippen molar-refractivity contribution >= 4 is 17.5 Å². The highest BCUT2D eigenvalue weighted by Crippen LogP contribution is 2.27. The first kappa shape index (κ1) is 9.52. The van der Waals surface area contributed by atoms with E-state index in [0.29, 0.717) is 23.2 Å². The van der Waals surface area contributed by atoms with Crippen LogP contribution in [0.1, 0.15) is 12.8 Å². The average Bonchev–Trinajstić information content (AvgIpc) is 2.16. The summed E-state index contributed by atoms with van der Waals surface area (Å²) in [4.78, 5) is 8.24. The molecule has 5 heteroatoms. The maximum absolute atomic E-state index is 5.86. The molecule has 0 aromatic carbocycles. The number of nitrogens with zero attached hydrogens (tertiary/aromatic N) is 2. The Morgan fingerprint density at radius 3 is 3.00 bits per heavy atom. The molecule has 1 aromatic heterocycles. The van der Waals surface area contributed by atoms with Crippen LogP contribution in [-0.4, -0.2) is 28.5 Å². The number of ether oxygens (including phenoxy) is 1. The Labute approximate surface area is 87.7 Å². The zero-order chi connectivity index (χ0) is 9.97. The van der Waals surface area contributed by atoms with E-state index in [1.165, 1.54) is 0 Å². The van der Waals surface area contributed by atoms with Gasteiger partial charge in [0.2, 0.25) is 11.8 Å². The van der Waals surface area contributed by atoms with Gasteiger partial charge in [0, 0.05) is 23.7 Å². The van der Waals surface area contributed by atoms with E-state index in [9.17, 15) is 0 Å². The van der Waals surface area contributed by atoms with Crippen molar-refractivity contribution in [1.82, 2.24) is 9.97 Å². The van der Waals surface area contributed by atoms with Crippen molar-refractivity contribution in [2.75, 3.05) is 12.4 Å². The van der Waals surface area contributed by atoms with Gasteiger partial charge in [0.25, 0.3) is 0 Å². The molecule has 1 aromatic rings. The molecule has 0 atom stereocenters. The quantitative estimate of drug-likeness (QED) is 0.776. The van der Waals surface area contributed by atoms with Gasteiger partial charge in [-0.1, -0.05) is 0 Å². The van der Waals surface area contributed by atoms with Crippen molar-refractivity contribution in [3.05, 3.63) is 12.3 Å². The molecule has 0 saturated heterocycles. The molecular formula is C9H12ClN3O. The summed E-state index contributed by atoms with van der Waals surface area (Å²) in [6.45, 7) is 0. The first-order chi connectivity index (χ1) is 6.78. The van der Waals surface area contributed by atoms with Gasteiger partial charge in [0.15, 0.2) is 0 Å². The van der Waals surface area contributed by atoms with Gasteiger partial charge >= 0.3 is 0 Å². The van der Waals surface area contributed by atoms with E-state index >= 15 is 0 Å². The second-order valence-corrected chi connectivity index (χ2v) is 3.95. The van der Waals surface area contributed by atoms with Crippen LogP contribution in [0.5, 0.6) is 5.88 Å². The van der Waals surface area contributed by atoms with Gasteiger partial charge in [-0.15, -0.1) is 11.6 Å². The molecule has 1 N–H and O–H groups in total. The highest BCUT2D eigenvalue weighted by atomic mass is 35.5. The van der Waals surface area contributed by atoms with Crippen molar-refractivity contribution in [3.63, 3.8) is 0 Å². The van der Waals surface area contributed by atoms with Gasteiger partial charge in [-0.25, -0.2) is 4.98 Å². The molecule has 14 heavy (non-hydrogen) atoms. The third-order valence-corrected chi connectivity index (χ3v) is 2.61. The van der Waals surface area contributed by atoms with Gasteiger partial charge in [-0.05, 0) is 12.8 Å². The van der Waals surface area contributed by atoms with E-state index in [2.05, 4.69) is 15.3 Å². The third-order valence-electron chi connectivity index (χ3n) is 2.25. The van der Waals surface area contributed by atoms with Crippen molar-refractivity contribution in [3.8, 4) is 5.88 Å². The van der Waals surface area contributed by atoms with Crippen LogP contribution in [0.15, 0.2) is 12.3 Å². The number of alkyl halides is 1. The Bertz CT molecular complexity index is 315. The van der Waals surface area contributed by atoms with Crippen molar-refractivity contribution < 1.29 is 4.74 Å². The molecule has 1 heterocycles. The first-order valence-electron chi connectivity index (χ1n) is 4.55. The number of rotatable bonds is 3.